The molecule has 0 aliphatic carbocycles. The van der Waals surface area contributed by atoms with Crippen LogP contribution in [0.15, 0.2) is 127 Å². The van der Waals surface area contributed by atoms with Crippen LogP contribution in [-0.2, 0) is 0 Å². The van der Waals surface area contributed by atoms with Crippen molar-refractivity contribution < 1.29 is 0 Å². The molecule has 0 N–H and O–H groups in total. The van der Waals surface area contributed by atoms with Gasteiger partial charge >= 0.3 is 0 Å². The predicted molar refractivity (Wildman–Crippen MR) is 157 cm³/mol. The van der Waals surface area contributed by atoms with Gasteiger partial charge in [0, 0.05) is 36.6 Å². The predicted octanol–water partition coefficient (Wildman–Crippen LogP) is 9.97. The molecule has 8 aromatic rings. The van der Waals surface area contributed by atoms with E-state index in [1.807, 2.05) is 11.3 Å². The maximum absolute atomic E-state index is 2.46. The van der Waals surface area contributed by atoms with E-state index >= 15 is 0 Å². The SMILES string of the molecule is c1ccc(-n2c3ccc(-c4cccc5ccccc45)cc3c3ccc4sc5ccccc5c4c32)cc1. The number of benzene rings is 6. The lowest BCUT2D eigenvalue weighted by molar-refractivity contribution is 1.19. The van der Waals surface area contributed by atoms with Crippen LogP contribution in [0.5, 0.6) is 0 Å². The second kappa shape index (κ2) is 7.55. The van der Waals surface area contributed by atoms with Gasteiger partial charge in [0.1, 0.15) is 0 Å². The second-order valence-electron chi connectivity index (χ2n) is 9.36. The third kappa shape index (κ3) is 2.76. The number of rotatable bonds is 2. The van der Waals surface area contributed by atoms with Crippen LogP contribution in [-0.4, -0.2) is 4.57 Å². The van der Waals surface area contributed by atoms with E-state index in [9.17, 15) is 0 Å². The summed E-state index contributed by atoms with van der Waals surface area (Å²) in [7, 11) is 0. The highest BCUT2D eigenvalue weighted by Gasteiger charge is 2.18. The largest absolute Gasteiger partial charge is 0.309 e. The van der Waals surface area contributed by atoms with Crippen molar-refractivity contribution in [3.63, 3.8) is 0 Å². The van der Waals surface area contributed by atoms with Gasteiger partial charge in [0.15, 0.2) is 0 Å². The first-order valence-electron chi connectivity index (χ1n) is 12.3. The molecule has 168 valence electrons. The molecule has 0 unspecified atom stereocenters. The lowest BCUT2D eigenvalue weighted by Crippen LogP contribution is -1.93. The van der Waals surface area contributed by atoms with Crippen LogP contribution in [0.4, 0.5) is 0 Å². The van der Waals surface area contributed by atoms with Crippen molar-refractivity contribution in [2.45, 2.75) is 0 Å². The standard InChI is InChI=1S/C34H21NS/c1-2-11-24(12-3-1)35-30-19-17-23(26-15-8-10-22-9-4-5-13-25(22)26)21-29(30)27-18-20-32-33(34(27)35)28-14-6-7-16-31(28)36-32/h1-21H. The fourth-order valence-electron chi connectivity index (χ4n) is 5.81. The molecule has 6 aromatic carbocycles. The van der Waals surface area contributed by atoms with Crippen molar-refractivity contribution in [2.75, 3.05) is 0 Å². The number of para-hydroxylation sites is 1. The molecule has 0 amide bonds. The molecule has 8 rings (SSSR count). The lowest BCUT2D eigenvalue weighted by Gasteiger charge is -2.10. The first kappa shape index (κ1) is 19.9. The van der Waals surface area contributed by atoms with Crippen LogP contribution in [0.2, 0.25) is 0 Å². The number of fused-ring (bicyclic) bond motifs is 8. The van der Waals surface area contributed by atoms with Gasteiger partial charge in [-0.3, -0.25) is 0 Å². The van der Waals surface area contributed by atoms with Crippen LogP contribution in [0, 0.1) is 0 Å². The first-order chi connectivity index (χ1) is 17.9. The van der Waals surface area contributed by atoms with Gasteiger partial charge in [-0.2, -0.15) is 0 Å². The fourth-order valence-corrected chi connectivity index (χ4v) is 6.91. The normalized spacial score (nSPS) is 11.9. The molecule has 1 nitrogen and oxygen atoms in total. The Morgan fingerprint density at radius 2 is 1.28 bits per heavy atom. The summed E-state index contributed by atoms with van der Waals surface area (Å²) in [5.41, 5.74) is 6.25. The van der Waals surface area contributed by atoms with E-state index in [1.54, 1.807) is 0 Å². The number of thiophene rings is 1. The van der Waals surface area contributed by atoms with Crippen molar-refractivity contribution in [2.24, 2.45) is 0 Å². The first-order valence-corrected chi connectivity index (χ1v) is 13.1. The molecule has 0 bridgehead atoms. The summed E-state index contributed by atoms with van der Waals surface area (Å²) in [5.74, 6) is 0. The molecule has 0 spiro atoms. The summed E-state index contributed by atoms with van der Waals surface area (Å²) in [6.07, 6.45) is 0. The summed E-state index contributed by atoms with van der Waals surface area (Å²) >= 11 is 1.88. The molecule has 0 saturated carbocycles. The van der Waals surface area contributed by atoms with E-state index in [-0.39, 0.29) is 0 Å². The molecular weight excluding hydrogens is 454 g/mol. The summed E-state index contributed by atoms with van der Waals surface area (Å²) in [6, 6.07) is 46.4. The molecule has 36 heavy (non-hydrogen) atoms. The smallest absolute Gasteiger partial charge is 0.0634 e. The topological polar surface area (TPSA) is 4.93 Å². The summed E-state index contributed by atoms with van der Waals surface area (Å²) in [6.45, 7) is 0. The number of nitrogens with zero attached hydrogens (tertiary/aromatic N) is 1. The van der Waals surface area contributed by atoms with Crippen molar-refractivity contribution in [1.29, 1.82) is 0 Å². The van der Waals surface area contributed by atoms with Gasteiger partial charge in [0.2, 0.25) is 0 Å². The van der Waals surface area contributed by atoms with Crippen LogP contribution in [0.25, 0.3) is 69.6 Å². The molecule has 0 aliphatic heterocycles. The lowest BCUT2D eigenvalue weighted by atomic mass is 9.97. The van der Waals surface area contributed by atoms with E-state index in [4.69, 9.17) is 0 Å². The van der Waals surface area contributed by atoms with Gasteiger partial charge in [-0.05, 0) is 58.3 Å². The molecule has 0 aliphatic rings. The van der Waals surface area contributed by atoms with Gasteiger partial charge in [0.05, 0.1) is 11.0 Å². The van der Waals surface area contributed by atoms with Crippen LogP contribution < -0.4 is 0 Å². The number of aromatic nitrogens is 1. The highest BCUT2D eigenvalue weighted by atomic mass is 32.1. The van der Waals surface area contributed by atoms with Crippen LogP contribution in [0.1, 0.15) is 0 Å². The average Bonchev–Trinajstić information content (AvgIpc) is 3.48. The van der Waals surface area contributed by atoms with Crippen molar-refractivity contribution in [3.05, 3.63) is 127 Å². The van der Waals surface area contributed by atoms with E-state index in [2.05, 4.69) is 132 Å². The highest BCUT2D eigenvalue weighted by Crippen LogP contribution is 2.44. The Kier molecular flexibility index (Phi) is 4.16. The number of hydrogen-bond donors (Lipinski definition) is 0. The Morgan fingerprint density at radius 3 is 2.19 bits per heavy atom. The van der Waals surface area contributed by atoms with E-state index in [0.29, 0.717) is 0 Å². The zero-order valence-corrected chi connectivity index (χ0v) is 20.3. The summed E-state index contributed by atoms with van der Waals surface area (Å²) < 4.78 is 5.12. The maximum Gasteiger partial charge on any atom is 0.0634 e. The molecule has 0 radical (unpaired) electrons. The van der Waals surface area contributed by atoms with Crippen molar-refractivity contribution in [3.8, 4) is 16.8 Å². The Hall–Kier alpha value is -4.40. The van der Waals surface area contributed by atoms with E-state index < -0.39 is 0 Å². The van der Waals surface area contributed by atoms with Gasteiger partial charge in [-0.15, -0.1) is 11.3 Å². The Labute approximate surface area is 212 Å². The van der Waals surface area contributed by atoms with E-state index in [0.717, 1.165) is 0 Å². The molecule has 2 heteroatoms. The van der Waals surface area contributed by atoms with Gasteiger partial charge in [-0.25, -0.2) is 0 Å². The monoisotopic (exact) mass is 475 g/mol. The summed E-state index contributed by atoms with van der Waals surface area (Å²) in [4.78, 5) is 0. The highest BCUT2D eigenvalue weighted by molar-refractivity contribution is 7.26. The second-order valence-corrected chi connectivity index (χ2v) is 10.4. The quantitative estimate of drug-likeness (QED) is 0.234. The van der Waals surface area contributed by atoms with Gasteiger partial charge in [-0.1, -0.05) is 91.0 Å². The summed E-state index contributed by atoms with van der Waals surface area (Å²) in [5, 5.41) is 7.83. The minimum atomic E-state index is 1.19. The average molecular weight is 476 g/mol. The third-order valence-corrected chi connectivity index (χ3v) is 8.52. The minimum absolute atomic E-state index is 1.19. The zero-order valence-electron chi connectivity index (χ0n) is 19.5. The van der Waals surface area contributed by atoms with Crippen LogP contribution in [0.3, 0.4) is 0 Å². The Bertz CT molecular complexity index is 2090. The maximum atomic E-state index is 2.46. The molecule has 2 aromatic heterocycles. The van der Waals surface area contributed by atoms with Gasteiger partial charge in [0.25, 0.3) is 0 Å². The number of hydrogen-bond acceptors (Lipinski definition) is 1. The van der Waals surface area contributed by atoms with E-state index in [1.165, 1.54) is 69.6 Å². The molecule has 0 fully saturated rings. The van der Waals surface area contributed by atoms with Crippen LogP contribution >= 0.6 is 11.3 Å². The molecule has 0 atom stereocenters. The third-order valence-electron chi connectivity index (χ3n) is 7.38. The molecular formula is C34H21NS. The molecule has 2 heterocycles. The zero-order chi connectivity index (χ0) is 23.6. The minimum Gasteiger partial charge on any atom is -0.309 e. The Balaban J connectivity index is 1.54. The van der Waals surface area contributed by atoms with Gasteiger partial charge < -0.3 is 4.57 Å². The van der Waals surface area contributed by atoms with Crippen molar-refractivity contribution >= 4 is 64.1 Å². The molecule has 0 saturated heterocycles. The Morgan fingerprint density at radius 1 is 0.500 bits per heavy atom. The van der Waals surface area contributed by atoms with Crippen molar-refractivity contribution in [1.82, 2.24) is 4.57 Å². The fraction of sp³-hybridized carbons (Fsp3) is 0.